The Morgan fingerprint density at radius 2 is 1.98 bits per heavy atom. The van der Waals surface area contributed by atoms with Crippen LogP contribution in [0.1, 0.15) is 71.2 Å². The Kier molecular flexibility index (Phi) is 8.50. The number of ether oxygens (including phenoxy) is 1. The maximum Gasteiger partial charge on any atom is 0.304 e. The molecule has 9 nitrogen and oxygen atoms in total. The molecule has 0 bridgehead atoms. The Morgan fingerprint density at radius 1 is 1.25 bits per heavy atom. The zero-order valence-electron chi connectivity index (χ0n) is 24.3. The normalized spacial score (nSPS) is 23.4. The van der Waals surface area contributed by atoms with Gasteiger partial charge in [-0.15, -0.1) is 0 Å². The topological polar surface area (TPSA) is 118 Å². The predicted molar refractivity (Wildman–Crippen MR) is 155 cm³/mol. The summed E-state index contributed by atoms with van der Waals surface area (Å²) in [6.45, 7) is 13.6. The van der Waals surface area contributed by atoms with Crippen LogP contribution in [-0.2, 0) is 10.2 Å². The van der Waals surface area contributed by atoms with Crippen LogP contribution >= 0.6 is 0 Å². The van der Waals surface area contributed by atoms with Crippen molar-refractivity contribution in [1.29, 1.82) is 0 Å². The fourth-order valence-corrected chi connectivity index (χ4v) is 6.98. The Morgan fingerprint density at radius 3 is 2.60 bits per heavy atom. The van der Waals surface area contributed by atoms with Crippen LogP contribution in [0, 0.1) is 17.7 Å². The van der Waals surface area contributed by atoms with Crippen LogP contribution in [0.4, 0.5) is 10.2 Å². The van der Waals surface area contributed by atoms with Gasteiger partial charge in [-0.25, -0.2) is 14.1 Å². The lowest BCUT2D eigenvalue weighted by atomic mass is 9.94. The minimum absolute atomic E-state index is 0.122. The van der Waals surface area contributed by atoms with Crippen molar-refractivity contribution in [2.45, 2.75) is 71.9 Å². The van der Waals surface area contributed by atoms with Crippen molar-refractivity contribution in [3.8, 4) is 17.0 Å². The number of nitrogens with two attached hydrogens (primary N) is 1. The molecule has 40 heavy (non-hydrogen) atoms. The average Bonchev–Trinajstić information content (AvgIpc) is 3.12. The molecule has 1 aromatic carbocycles. The number of benzene rings is 1. The lowest BCUT2D eigenvalue weighted by molar-refractivity contribution is 0.0977. The van der Waals surface area contributed by atoms with E-state index in [1.165, 1.54) is 16.4 Å². The van der Waals surface area contributed by atoms with E-state index in [0.717, 1.165) is 6.42 Å². The number of halogens is 1. The van der Waals surface area contributed by atoms with Gasteiger partial charge in [0.2, 0.25) is 0 Å². The van der Waals surface area contributed by atoms with Crippen molar-refractivity contribution in [3.05, 3.63) is 41.7 Å². The van der Waals surface area contributed by atoms with Crippen molar-refractivity contribution < 1.29 is 22.3 Å². The number of amides is 1. The second kappa shape index (κ2) is 11.3. The number of carbonyl (C=O) groups is 1. The second-order valence-electron chi connectivity index (χ2n) is 12.7. The minimum Gasteiger partial charge on any atom is -0.493 e. The number of aromatic nitrogens is 1. The third-order valence-corrected chi connectivity index (χ3v) is 8.89. The quantitative estimate of drug-likeness (QED) is 0.481. The van der Waals surface area contributed by atoms with Gasteiger partial charge >= 0.3 is 10.2 Å². The minimum atomic E-state index is -4.13. The third-order valence-electron chi connectivity index (χ3n) is 7.45. The number of piperidine rings is 1. The largest absolute Gasteiger partial charge is 0.493 e. The molecule has 2 atom stereocenters. The molecule has 3 heterocycles. The summed E-state index contributed by atoms with van der Waals surface area (Å²) in [5.41, 5.74) is 6.30. The van der Waals surface area contributed by atoms with Crippen LogP contribution in [0.2, 0.25) is 0 Å². The van der Waals surface area contributed by atoms with Crippen LogP contribution in [0.5, 0.6) is 5.75 Å². The summed E-state index contributed by atoms with van der Waals surface area (Å²) >= 11 is 0. The summed E-state index contributed by atoms with van der Waals surface area (Å²) in [6, 6.07) is 7.59. The lowest BCUT2D eigenvalue weighted by Gasteiger charge is -2.37. The molecule has 0 saturated carbocycles. The Labute approximate surface area is 237 Å². The molecule has 0 spiro atoms. The molecule has 2 aliphatic rings. The van der Waals surface area contributed by atoms with E-state index in [2.05, 4.69) is 25.5 Å². The van der Waals surface area contributed by atoms with E-state index in [9.17, 15) is 17.6 Å². The van der Waals surface area contributed by atoms with Gasteiger partial charge in [0.25, 0.3) is 5.91 Å². The van der Waals surface area contributed by atoms with E-state index in [1.54, 1.807) is 25.1 Å². The molecule has 2 fully saturated rings. The first kappa shape index (κ1) is 30.2. The summed E-state index contributed by atoms with van der Waals surface area (Å²) in [4.78, 5) is 20.4. The number of nitrogens with one attached hydrogen (secondary N) is 1. The number of carbonyl (C=O) groups excluding carboxylic acids is 1. The van der Waals surface area contributed by atoms with Gasteiger partial charge in [-0.1, -0.05) is 20.8 Å². The van der Waals surface area contributed by atoms with Crippen LogP contribution in [0.15, 0.2) is 30.3 Å². The van der Waals surface area contributed by atoms with E-state index in [4.69, 9.17) is 15.5 Å². The molecule has 11 heteroatoms. The van der Waals surface area contributed by atoms with Crippen molar-refractivity contribution >= 4 is 21.9 Å². The molecule has 220 valence electrons. The van der Waals surface area contributed by atoms with Gasteiger partial charge < -0.3 is 15.4 Å². The Hall–Kier alpha value is -2.76. The van der Waals surface area contributed by atoms with Gasteiger partial charge in [-0.2, -0.15) is 12.7 Å². The molecule has 0 aliphatic carbocycles. The Bertz CT molecular complexity index is 1360. The smallest absolute Gasteiger partial charge is 0.304 e. The highest BCUT2D eigenvalue weighted by Gasteiger charge is 2.40. The number of pyridine rings is 1. The maximum absolute atomic E-state index is 14.6. The van der Waals surface area contributed by atoms with Gasteiger partial charge in [-0.3, -0.25) is 4.79 Å². The van der Waals surface area contributed by atoms with Crippen molar-refractivity contribution in [2.24, 2.45) is 17.6 Å². The van der Waals surface area contributed by atoms with Crippen LogP contribution in [-0.4, -0.2) is 60.9 Å². The van der Waals surface area contributed by atoms with E-state index >= 15 is 0 Å². The first-order valence-corrected chi connectivity index (χ1v) is 15.3. The fourth-order valence-electron chi connectivity index (χ4n) is 5.67. The fraction of sp³-hybridized carbons (Fsp3) is 0.586. The first-order chi connectivity index (χ1) is 18.6. The number of anilines is 1. The van der Waals surface area contributed by atoms with Gasteiger partial charge in [0.15, 0.2) is 0 Å². The molecule has 0 radical (unpaired) electrons. The summed E-state index contributed by atoms with van der Waals surface area (Å²) in [7, 11) is -4.13. The van der Waals surface area contributed by atoms with Gasteiger partial charge in [-0.05, 0) is 76.1 Å². The molecular weight excluding hydrogens is 533 g/mol. The monoisotopic (exact) mass is 575 g/mol. The molecule has 1 aromatic heterocycles. The molecule has 4 rings (SSSR count). The number of hydrogen-bond donors (Lipinski definition) is 2. The van der Waals surface area contributed by atoms with Crippen LogP contribution in [0.25, 0.3) is 11.3 Å². The maximum atomic E-state index is 14.6. The molecule has 2 aliphatic heterocycles. The van der Waals surface area contributed by atoms with Crippen molar-refractivity contribution in [2.75, 3.05) is 31.1 Å². The summed E-state index contributed by atoms with van der Waals surface area (Å²) in [5, 5.41) is 0. The summed E-state index contributed by atoms with van der Waals surface area (Å²) < 4.78 is 50.2. The molecule has 1 amide bonds. The van der Waals surface area contributed by atoms with Crippen molar-refractivity contribution in [1.82, 2.24) is 14.0 Å². The average molecular weight is 576 g/mol. The zero-order chi connectivity index (χ0) is 29.5. The second-order valence-corrected chi connectivity index (χ2v) is 14.4. The van der Waals surface area contributed by atoms with Gasteiger partial charge in [0.1, 0.15) is 17.4 Å². The highest BCUT2D eigenvalue weighted by Crippen LogP contribution is 2.38. The molecule has 2 aromatic rings. The number of nitrogens with zero attached hydrogens (tertiary/aromatic N) is 3. The number of rotatable bonds is 8. The van der Waals surface area contributed by atoms with Crippen molar-refractivity contribution in [3.63, 3.8) is 0 Å². The highest BCUT2D eigenvalue weighted by molar-refractivity contribution is 7.87. The first-order valence-electron chi connectivity index (χ1n) is 13.9. The van der Waals surface area contributed by atoms with E-state index < -0.39 is 27.5 Å². The third kappa shape index (κ3) is 6.92. The molecule has 2 saturated heterocycles. The van der Waals surface area contributed by atoms with Gasteiger partial charge in [0, 0.05) is 42.3 Å². The predicted octanol–water partition coefficient (Wildman–Crippen LogP) is 4.34. The summed E-state index contributed by atoms with van der Waals surface area (Å²) in [6.07, 6.45) is 2.18. The SMILES string of the molecule is CC(C)COc1cc(F)cc(-c2ccc(C(=O)NS(=O)(=O)N3CCCC(C)(N)C3)c(N3CC(C)CC3(C)C)n2)c1. The standard InChI is InChI=1S/C29H42FN5O4S/c1-19(2)17-39-23-13-21(12-22(30)14-23)25-9-8-24(26(32-25)35-16-20(3)15-28(35,4)5)27(36)33-40(37,38)34-11-7-10-29(6,31)18-34/h8-9,12-14,19-20H,7,10-11,15-18,31H2,1-6H3,(H,33,36). The highest BCUT2D eigenvalue weighted by atomic mass is 32.2. The van der Waals surface area contributed by atoms with Crippen LogP contribution < -0.4 is 20.1 Å². The van der Waals surface area contributed by atoms with E-state index in [1.807, 2.05) is 18.7 Å². The number of hydrogen-bond acceptors (Lipinski definition) is 7. The summed E-state index contributed by atoms with van der Waals surface area (Å²) in [5.74, 6) is 0.124. The molecule has 3 N–H and O–H groups in total. The lowest BCUT2D eigenvalue weighted by Crippen LogP contribution is -2.56. The molecular formula is C29H42FN5O4S. The van der Waals surface area contributed by atoms with E-state index in [-0.39, 0.29) is 30.1 Å². The zero-order valence-corrected chi connectivity index (χ0v) is 25.1. The van der Waals surface area contributed by atoms with Gasteiger partial charge in [0.05, 0.1) is 17.9 Å². The van der Waals surface area contributed by atoms with E-state index in [0.29, 0.717) is 54.7 Å². The Balaban J connectivity index is 1.72. The molecule has 2 unspecified atom stereocenters. The van der Waals surface area contributed by atoms with Crippen LogP contribution in [0.3, 0.4) is 0 Å².